The molecule has 0 atom stereocenters. The van der Waals surface area contributed by atoms with Crippen molar-refractivity contribution in [3.63, 3.8) is 0 Å². The number of rotatable bonds is 3. The Hall–Kier alpha value is -0.940. The number of morpholine rings is 1. The van der Waals surface area contributed by atoms with Gasteiger partial charge in [-0.05, 0) is 12.8 Å². The summed E-state index contributed by atoms with van der Waals surface area (Å²) in [5, 5.41) is 2.25. The molecule has 0 N–H and O–H groups in total. The van der Waals surface area contributed by atoms with Crippen LogP contribution in [0.4, 0.5) is 5.00 Å². The van der Waals surface area contributed by atoms with Gasteiger partial charge in [-0.15, -0.1) is 11.3 Å². The third kappa shape index (κ3) is 2.88. The average molecular weight is 294 g/mol. The number of carbonyl (C=O) groups is 1. The van der Waals surface area contributed by atoms with Gasteiger partial charge in [-0.25, -0.2) is 4.98 Å². The van der Waals surface area contributed by atoms with Gasteiger partial charge in [-0.2, -0.15) is 0 Å². The zero-order valence-electron chi connectivity index (χ0n) is 12.1. The number of ketones is 1. The van der Waals surface area contributed by atoms with E-state index in [1.165, 1.54) is 37.1 Å². The third-order valence-corrected chi connectivity index (χ3v) is 5.49. The topological polar surface area (TPSA) is 42.4 Å². The number of carbonyl (C=O) groups excluding carboxylic acids is 1. The Morgan fingerprint density at radius 3 is 2.60 bits per heavy atom. The summed E-state index contributed by atoms with van der Waals surface area (Å²) in [5.74, 6) is 0.659. The predicted molar refractivity (Wildman–Crippen MR) is 81.0 cm³/mol. The number of ether oxygens (including phenoxy) is 1. The van der Waals surface area contributed by atoms with Crippen molar-refractivity contribution in [2.75, 3.05) is 31.2 Å². The van der Waals surface area contributed by atoms with Crippen molar-refractivity contribution >= 4 is 22.1 Å². The summed E-state index contributed by atoms with van der Waals surface area (Å²) in [6.07, 6.45) is 6.40. The first-order valence-corrected chi connectivity index (χ1v) is 8.41. The normalized spacial score (nSPS) is 21.1. The zero-order chi connectivity index (χ0) is 13.9. The zero-order valence-corrected chi connectivity index (χ0v) is 12.9. The molecule has 2 aliphatic rings. The van der Waals surface area contributed by atoms with E-state index in [1.807, 2.05) is 0 Å². The van der Waals surface area contributed by atoms with Gasteiger partial charge in [0.25, 0.3) is 0 Å². The molecule has 110 valence electrons. The molecule has 0 radical (unpaired) electrons. The van der Waals surface area contributed by atoms with Gasteiger partial charge in [0, 0.05) is 25.9 Å². The summed E-state index contributed by atoms with van der Waals surface area (Å²) in [6.45, 7) is 4.85. The SMILES string of the molecule is CC(=O)c1nc(C2CCCCC2)sc1N1CCOCC1. The molecule has 3 rings (SSSR count). The molecule has 2 heterocycles. The Balaban J connectivity index is 1.87. The molecule has 5 heteroatoms. The molecule has 2 fully saturated rings. The summed E-state index contributed by atoms with van der Waals surface area (Å²) in [6, 6.07) is 0. The fourth-order valence-electron chi connectivity index (χ4n) is 3.06. The molecule has 1 saturated carbocycles. The van der Waals surface area contributed by atoms with Crippen LogP contribution in [0.5, 0.6) is 0 Å². The van der Waals surface area contributed by atoms with Crippen molar-refractivity contribution < 1.29 is 9.53 Å². The van der Waals surface area contributed by atoms with Crippen LogP contribution in [-0.2, 0) is 4.74 Å². The number of hydrogen-bond acceptors (Lipinski definition) is 5. The molecular weight excluding hydrogens is 272 g/mol. The molecule has 1 saturated heterocycles. The van der Waals surface area contributed by atoms with Crippen LogP contribution in [0.25, 0.3) is 0 Å². The first-order valence-electron chi connectivity index (χ1n) is 7.60. The summed E-state index contributed by atoms with van der Waals surface area (Å²) >= 11 is 1.74. The lowest BCUT2D eigenvalue weighted by Gasteiger charge is -2.27. The third-order valence-electron chi connectivity index (χ3n) is 4.21. The van der Waals surface area contributed by atoms with Crippen molar-refractivity contribution in [1.29, 1.82) is 0 Å². The van der Waals surface area contributed by atoms with Gasteiger partial charge in [0.2, 0.25) is 0 Å². The highest BCUT2D eigenvalue weighted by molar-refractivity contribution is 7.16. The Bertz CT molecular complexity index is 474. The van der Waals surface area contributed by atoms with Crippen LogP contribution in [0, 0.1) is 0 Å². The maximum atomic E-state index is 11.9. The Morgan fingerprint density at radius 2 is 1.95 bits per heavy atom. The molecule has 1 aliphatic heterocycles. The van der Waals surface area contributed by atoms with E-state index < -0.39 is 0 Å². The van der Waals surface area contributed by atoms with Crippen molar-refractivity contribution in [2.24, 2.45) is 0 Å². The summed E-state index contributed by atoms with van der Waals surface area (Å²) in [4.78, 5) is 18.9. The molecule has 1 aliphatic carbocycles. The minimum absolute atomic E-state index is 0.0878. The summed E-state index contributed by atoms with van der Waals surface area (Å²) < 4.78 is 5.40. The standard InChI is InChI=1S/C15H22N2O2S/c1-11(18)13-15(17-7-9-19-10-8-17)20-14(16-13)12-5-3-2-4-6-12/h12H,2-10H2,1H3. The molecule has 0 unspecified atom stereocenters. The maximum Gasteiger partial charge on any atom is 0.181 e. The number of aromatic nitrogens is 1. The van der Waals surface area contributed by atoms with Gasteiger partial charge in [0.05, 0.1) is 18.2 Å². The molecule has 0 spiro atoms. The number of nitrogens with zero attached hydrogens (tertiary/aromatic N) is 2. The summed E-state index contributed by atoms with van der Waals surface area (Å²) in [5.41, 5.74) is 0.678. The van der Waals surface area contributed by atoms with Gasteiger partial charge < -0.3 is 9.64 Å². The van der Waals surface area contributed by atoms with Crippen molar-refractivity contribution in [3.05, 3.63) is 10.7 Å². The number of thiazole rings is 1. The van der Waals surface area contributed by atoms with Crippen molar-refractivity contribution in [1.82, 2.24) is 4.98 Å². The number of Topliss-reactive ketones (excluding diaryl/α,β-unsaturated/α-hetero) is 1. The van der Waals surface area contributed by atoms with E-state index in [4.69, 9.17) is 9.72 Å². The molecular formula is C15H22N2O2S. The van der Waals surface area contributed by atoms with E-state index in [0.29, 0.717) is 11.6 Å². The molecule has 20 heavy (non-hydrogen) atoms. The smallest absolute Gasteiger partial charge is 0.181 e. The van der Waals surface area contributed by atoms with E-state index >= 15 is 0 Å². The Morgan fingerprint density at radius 1 is 1.25 bits per heavy atom. The van der Waals surface area contributed by atoms with Gasteiger partial charge in [-0.3, -0.25) is 4.79 Å². The fourth-order valence-corrected chi connectivity index (χ4v) is 4.40. The van der Waals surface area contributed by atoms with E-state index in [-0.39, 0.29) is 5.78 Å². The largest absolute Gasteiger partial charge is 0.378 e. The molecule has 0 amide bonds. The van der Waals surface area contributed by atoms with E-state index in [9.17, 15) is 4.79 Å². The minimum Gasteiger partial charge on any atom is -0.378 e. The number of anilines is 1. The minimum atomic E-state index is 0.0878. The quantitative estimate of drug-likeness (QED) is 0.803. The molecule has 0 aromatic carbocycles. The van der Waals surface area contributed by atoms with Gasteiger partial charge >= 0.3 is 0 Å². The maximum absolute atomic E-state index is 11.9. The monoisotopic (exact) mass is 294 g/mol. The van der Waals surface area contributed by atoms with Gasteiger partial charge in [0.1, 0.15) is 10.7 Å². The van der Waals surface area contributed by atoms with E-state index in [2.05, 4.69) is 4.90 Å². The lowest BCUT2D eigenvalue weighted by Crippen LogP contribution is -2.36. The van der Waals surface area contributed by atoms with Crippen molar-refractivity contribution in [3.8, 4) is 0 Å². The first-order chi connectivity index (χ1) is 9.75. The fraction of sp³-hybridized carbons (Fsp3) is 0.733. The molecule has 0 bridgehead atoms. The molecule has 4 nitrogen and oxygen atoms in total. The lowest BCUT2D eigenvalue weighted by molar-refractivity contribution is 0.101. The van der Waals surface area contributed by atoms with Crippen LogP contribution in [0.3, 0.4) is 0 Å². The second-order valence-corrected chi connectivity index (χ2v) is 6.71. The number of hydrogen-bond donors (Lipinski definition) is 0. The highest BCUT2D eigenvalue weighted by atomic mass is 32.1. The molecule has 1 aromatic rings. The summed E-state index contributed by atoms with van der Waals surface area (Å²) in [7, 11) is 0. The van der Waals surface area contributed by atoms with Crippen LogP contribution >= 0.6 is 11.3 Å². The lowest BCUT2D eigenvalue weighted by atomic mass is 9.90. The predicted octanol–water partition coefficient (Wildman–Crippen LogP) is 3.23. The van der Waals surface area contributed by atoms with Crippen LogP contribution < -0.4 is 4.90 Å². The van der Waals surface area contributed by atoms with Gasteiger partial charge in [-0.1, -0.05) is 19.3 Å². The Kier molecular flexibility index (Phi) is 4.36. The second kappa shape index (κ2) is 6.22. The highest BCUT2D eigenvalue weighted by Gasteiger charge is 2.26. The van der Waals surface area contributed by atoms with Gasteiger partial charge in [0.15, 0.2) is 5.78 Å². The molecule has 1 aromatic heterocycles. The van der Waals surface area contributed by atoms with Crippen molar-refractivity contribution in [2.45, 2.75) is 44.9 Å². The van der Waals surface area contributed by atoms with Crippen LogP contribution in [0.1, 0.15) is 60.4 Å². The average Bonchev–Trinajstić information content (AvgIpc) is 2.94. The Labute approximate surface area is 124 Å². The van der Waals surface area contributed by atoms with Crippen LogP contribution in [0.2, 0.25) is 0 Å². The highest BCUT2D eigenvalue weighted by Crippen LogP contribution is 2.39. The first kappa shape index (κ1) is 14.0. The van der Waals surface area contributed by atoms with E-state index in [1.54, 1.807) is 18.3 Å². The van der Waals surface area contributed by atoms with Crippen LogP contribution in [0.15, 0.2) is 0 Å². The van der Waals surface area contributed by atoms with E-state index in [0.717, 1.165) is 31.3 Å². The van der Waals surface area contributed by atoms with Crippen LogP contribution in [-0.4, -0.2) is 37.1 Å². The second-order valence-electron chi connectivity index (χ2n) is 5.70.